The number of rotatable bonds is 2. The van der Waals surface area contributed by atoms with Crippen LogP contribution in [0.15, 0.2) is 18.5 Å². The smallest absolute Gasteiger partial charge is 0.173 e. The van der Waals surface area contributed by atoms with Crippen LogP contribution in [-0.4, -0.2) is 25.1 Å². The van der Waals surface area contributed by atoms with Gasteiger partial charge in [0.2, 0.25) is 0 Å². The lowest BCUT2D eigenvalue weighted by atomic mass is 10.1. The molecule has 2 heterocycles. The maximum atomic E-state index is 13.1. The van der Waals surface area contributed by atoms with Gasteiger partial charge in [-0.15, -0.1) is 0 Å². The summed E-state index contributed by atoms with van der Waals surface area (Å²) in [6.45, 7) is 2.03. The number of halogens is 1. The van der Waals surface area contributed by atoms with Crippen molar-refractivity contribution in [3.8, 4) is 0 Å². The van der Waals surface area contributed by atoms with Crippen LogP contribution in [0.1, 0.15) is 19.3 Å². The van der Waals surface area contributed by atoms with E-state index in [-0.39, 0.29) is 5.82 Å². The van der Waals surface area contributed by atoms with E-state index < -0.39 is 0 Å². The van der Waals surface area contributed by atoms with E-state index in [1.54, 1.807) is 12.3 Å². The van der Waals surface area contributed by atoms with Crippen LogP contribution in [0.4, 0.5) is 10.1 Å². The number of piperidine rings is 1. The lowest BCUT2D eigenvalue weighted by molar-refractivity contribution is 0.172. The van der Waals surface area contributed by atoms with Crippen molar-refractivity contribution < 1.29 is 4.39 Å². The third kappa shape index (κ3) is 2.01. The quantitative estimate of drug-likeness (QED) is 0.753. The highest BCUT2D eigenvalue weighted by molar-refractivity contribution is 5.39. The number of nitrogens with one attached hydrogen (secondary N) is 1. The van der Waals surface area contributed by atoms with Crippen LogP contribution in [0.2, 0.25) is 0 Å². The van der Waals surface area contributed by atoms with Crippen LogP contribution in [0.5, 0.6) is 0 Å². The maximum absolute atomic E-state index is 13.1. The van der Waals surface area contributed by atoms with Crippen LogP contribution < -0.4 is 10.0 Å². The molecule has 1 aliphatic heterocycles. The molecule has 1 aromatic rings. The highest BCUT2D eigenvalue weighted by atomic mass is 19.1. The van der Waals surface area contributed by atoms with Gasteiger partial charge in [0.15, 0.2) is 5.69 Å². The Morgan fingerprint density at radius 1 is 1.27 bits per heavy atom. The molecule has 0 saturated carbocycles. The SMILES string of the molecule is CN[N+]1(c2cncc(F)c2)CCCCC1. The van der Waals surface area contributed by atoms with Gasteiger partial charge in [-0.1, -0.05) is 0 Å². The molecule has 0 spiro atoms. The van der Waals surface area contributed by atoms with Gasteiger partial charge >= 0.3 is 0 Å². The van der Waals surface area contributed by atoms with Gasteiger partial charge in [-0.2, -0.15) is 5.43 Å². The Morgan fingerprint density at radius 2 is 2.00 bits per heavy atom. The van der Waals surface area contributed by atoms with Crippen molar-refractivity contribution in [2.45, 2.75) is 19.3 Å². The zero-order valence-electron chi connectivity index (χ0n) is 9.04. The minimum atomic E-state index is -0.258. The average Bonchev–Trinajstić information content (AvgIpc) is 2.30. The summed E-state index contributed by atoms with van der Waals surface area (Å²) in [5, 5.41) is 0. The number of hydrogen-bond donors (Lipinski definition) is 1. The van der Waals surface area contributed by atoms with Gasteiger partial charge < -0.3 is 0 Å². The Morgan fingerprint density at radius 3 is 2.60 bits per heavy atom. The summed E-state index contributed by atoms with van der Waals surface area (Å²) in [6.07, 6.45) is 6.63. The lowest BCUT2D eigenvalue weighted by Crippen LogP contribution is -2.60. The number of hydrogen-bond acceptors (Lipinski definition) is 2. The van der Waals surface area contributed by atoms with E-state index in [0.29, 0.717) is 4.59 Å². The second-order valence-corrected chi connectivity index (χ2v) is 4.06. The molecular weight excluding hydrogens is 193 g/mol. The molecule has 1 aliphatic rings. The van der Waals surface area contributed by atoms with E-state index in [4.69, 9.17) is 0 Å². The zero-order chi connectivity index (χ0) is 10.7. The van der Waals surface area contributed by atoms with Gasteiger partial charge in [0, 0.05) is 13.1 Å². The fourth-order valence-electron chi connectivity index (χ4n) is 2.30. The summed E-state index contributed by atoms with van der Waals surface area (Å²) < 4.78 is 13.8. The van der Waals surface area contributed by atoms with Crippen molar-refractivity contribution in [1.82, 2.24) is 15.0 Å². The third-order valence-corrected chi connectivity index (χ3v) is 3.19. The molecule has 0 aromatic carbocycles. The van der Waals surface area contributed by atoms with Crippen LogP contribution in [-0.2, 0) is 0 Å². The first-order valence-corrected chi connectivity index (χ1v) is 5.44. The number of pyridine rings is 1. The van der Waals surface area contributed by atoms with E-state index in [1.165, 1.54) is 25.5 Å². The molecule has 3 nitrogen and oxygen atoms in total. The van der Waals surface area contributed by atoms with Gasteiger partial charge in [-0.3, -0.25) is 4.98 Å². The van der Waals surface area contributed by atoms with Crippen molar-refractivity contribution in [2.75, 3.05) is 20.1 Å². The predicted molar refractivity (Wildman–Crippen MR) is 58.6 cm³/mol. The van der Waals surface area contributed by atoms with Crippen molar-refractivity contribution in [3.05, 3.63) is 24.3 Å². The molecule has 0 radical (unpaired) electrons. The molecule has 0 amide bonds. The van der Waals surface area contributed by atoms with E-state index >= 15 is 0 Å². The first-order valence-electron chi connectivity index (χ1n) is 5.44. The van der Waals surface area contributed by atoms with Gasteiger partial charge in [0.25, 0.3) is 0 Å². The highest BCUT2D eigenvalue weighted by Crippen LogP contribution is 2.25. The minimum Gasteiger partial charge on any atom is -0.255 e. The first kappa shape index (κ1) is 10.5. The Labute approximate surface area is 89.5 Å². The second-order valence-electron chi connectivity index (χ2n) is 4.06. The van der Waals surface area contributed by atoms with Gasteiger partial charge in [-0.05, 0) is 19.3 Å². The second kappa shape index (κ2) is 4.24. The monoisotopic (exact) mass is 210 g/mol. The standard InChI is InChI=1S/C11H17FN3/c1-13-15(5-3-2-4-6-15)11-7-10(12)8-14-9-11/h7-9,13H,2-6H2,1H3/q+1. The van der Waals surface area contributed by atoms with Crippen LogP contribution >= 0.6 is 0 Å². The molecule has 0 bridgehead atoms. The molecule has 1 saturated heterocycles. The van der Waals surface area contributed by atoms with E-state index in [9.17, 15) is 4.39 Å². The molecule has 15 heavy (non-hydrogen) atoms. The largest absolute Gasteiger partial charge is 0.255 e. The fraction of sp³-hybridized carbons (Fsp3) is 0.545. The van der Waals surface area contributed by atoms with Crippen molar-refractivity contribution in [2.24, 2.45) is 0 Å². The Kier molecular flexibility index (Phi) is 2.98. The summed E-state index contributed by atoms with van der Waals surface area (Å²) in [5.74, 6) is -0.258. The Hall–Kier alpha value is -1.00. The maximum Gasteiger partial charge on any atom is 0.173 e. The minimum absolute atomic E-state index is 0.258. The van der Waals surface area contributed by atoms with Crippen LogP contribution in [0.3, 0.4) is 0 Å². The van der Waals surface area contributed by atoms with Crippen LogP contribution in [0, 0.1) is 5.82 Å². The summed E-state index contributed by atoms with van der Waals surface area (Å²) in [6, 6.07) is 1.58. The van der Waals surface area contributed by atoms with Gasteiger partial charge in [-0.25, -0.2) is 8.98 Å². The van der Waals surface area contributed by atoms with Gasteiger partial charge in [0.05, 0.1) is 12.4 Å². The molecule has 0 unspecified atom stereocenters. The molecule has 0 aliphatic carbocycles. The number of aromatic nitrogens is 1. The average molecular weight is 210 g/mol. The van der Waals surface area contributed by atoms with E-state index in [2.05, 4.69) is 10.4 Å². The summed E-state index contributed by atoms with van der Waals surface area (Å²) in [7, 11) is 1.93. The molecule has 1 N–H and O–H groups in total. The summed E-state index contributed by atoms with van der Waals surface area (Å²) >= 11 is 0. The topological polar surface area (TPSA) is 24.9 Å². The molecular formula is C11H17FN3+. The molecule has 1 fully saturated rings. The Bertz CT molecular complexity index is 334. The first-order chi connectivity index (χ1) is 7.27. The molecule has 0 atom stereocenters. The lowest BCUT2D eigenvalue weighted by Gasteiger charge is -2.38. The fourth-order valence-corrected chi connectivity index (χ4v) is 2.30. The molecule has 4 heteroatoms. The third-order valence-electron chi connectivity index (χ3n) is 3.19. The van der Waals surface area contributed by atoms with Gasteiger partial charge in [0.1, 0.15) is 18.9 Å². The Balaban J connectivity index is 2.32. The zero-order valence-corrected chi connectivity index (χ0v) is 9.04. The number of quaternary nitrogens is 1. The van der Waals surface area contributed by atoms with Crippen molar-refractivity contribution in [3.63, 3.8) is 0 Å². The highest BCUT2D eigenvalue weighted by Gasteiger charge is 2.32. The van der Waals surface area contributed by atoms with E-state index in [0.717, 1.165) is 18.8 Å². The van der Waals surface area contributed by atoms with Crippen molar-refractivity contribution in [1.29, 1.82) is 0 Å². The molecule has 1 aromatic heterocycles. The molecule has 82 valence electrons. The van der Waals surface area contributed by atoms with E-state index in [1.807, 2.05) is 7.05 Å². The normalized spacial score (nSPS) is 20.1. The van der Waals surface area contributed by atoms with Crippen LogP contribution in [0.25, 0.3) is 0 Å². The predicted octanol–water partition coefficient (Wildman–Crippen LogP) is 1.85. The summed E-state index contributed by atoms with van der Waals surface area (Å²) in [4.78, 5) is 3.92. The van der Waals surface area contributed by atoms with Crippen molar-refractivity contribution >= 4 is 5.69 Å². The number of nitrogens with zero attached hydrogens (tertiary/aromatic N) is 2. The summed E-state index contributed by atoms with van der Waals surface area (Å²) in [5.41, 5.74) is 4.22. The molecule has 2 rings (SSSR count).